The molecule has 74 valence electrons. The second-order valence-electron chi connectivity index (χ2n) is 1.76. The van der Waals surface area contributed by atoms with E-state index in [0.717, 1.165) is 10.2 Å². The van der Waals surface area contributed by atoms with Crippen molar-refractivity contribution in [3.8, 4) is 12.0 Å². The van der Waals surface area contributed by atoms with E-state index in [4.69, 9.17) is 5.11 Å². The lowest BCUT2D eigenvalue weighted by molar-refractivity contribution is -0.135. The molecule has 0 spiro atoms. The lowest BCUT2D eigenvalue weighted by atomic mass is 10.7. The highest BCUT2D eigenvalue weighted by atomic mass is 28.1. The zero-order valence-corrected chi connectivity index (χ0v) is 9.66. The third-order valence-corrected chi connectivity index (χ3v) is 0.659. The lowest BCUT2D eigenvalue weighted by Crippen LogP contribution is -2.29. The molecule has 0 aliphatic heterocycles. The highest BCUT2D eigenvalue weighted by molar-refractivity contribution is 6.21. The SMILES string of the molecule is C#C[SiH3].CCOC(=O)NCC(=O)O. The molecule has 6 heteroatoms. The summed E-state index contributed by atoms with van der Waals surface area (Å²) < 4.78 is 4.38. The first kappa shape index (κ1) is 14.1. The molecule has 0 unspecified atom stereocenters. The number of alkyl carbamates (subject to hydrolysis) is 1. The largest absolute Gasteiger partial charge is 0.480 e. The molecule has 0 aliphatic rings. The molecule has 0 fully saturated rings. The van der Waals surface area contributed by atoms with E-state index < -0.39 is 18.6 Å². The molecular formula is C7H13NO4Si. The Hall–Kier alpha value is -1.48. The minimum Gasteiger partial charge on any atom is -0.480 e. The van der Waals surface area contributed by atoms with Crippen LogP contribution < -0.4 is 5.32 Å². The number of carbonyl (C=O) groups is 2. The Kier molecular flexibility index (Phi) is 11.4. The van der Waals surface area contributed by atoms with E-state index in [1.807, 2.05) is 5.32 Å². The summed E-state index contributed by atoms with van der Waals surface area (Å²) in [6, 6.07) is 0. The fraction of sp³-hybridized carbons (Fsp3) is 0.429. The second kappa shape index (κ2) is 10.5. The molecule has 0 aromatic carbocycles. The molecule has 0 saturated heterocycles. The Morgan fingerprint density at radius 2 is 2.15 bits per heavy atom. The van der Waals surface area contributed by atoms with E-state index in [9.17, 15) is 9.59 Å². The van der Waals surface area contributed by atoms with Gasteiger partial charge in [0.25, 0.3) is 0 Å². The van der Waals surface area contributed by atoms with Crippen LogP contribution in [0.5, 0.6) is 0 Å². The standard InChI is InChI=1S/C5H9NO4.C2H4Si/c1-2-10-5(9)6-3-4(7)8;1-2-3/h2-3H2,1H3,(H,6,9)(H,7,8);1H,3H3. The van der Waals surface area contributed by atoms with Gasteiger partial charge in [-0.2, -0.15) is 0 Å². The number of ether oxygens (including phenoxy) is 1. The number of hydrogen-bond donors (Lipinski definition) is 2. The van der Waals surface area contributed by atoms with E-state index in [2.05, 4.69) is 16.7 Å². The van der Waals surface area contributed by atoms with E-state index in [1.54, 1.807) is 6.92 Å². The summed E-state index contributed by atoms with van der Waals surface area (Å²) in [4.78, 5) is 20.2. The maximum atomic E-state index is 10.4. The summed E-state index contributed by atoms with van der Waals surface area (Å²) in [5.41, 5.74) is 2.39. The van der Waals surface area contributed by atoms with Crippen molar-refractivity contribution < 1.29 is 19.4 Å². The molecule has 0 aromatic rings. The van der Waals surface area contributed by atoms with Gasteiger partial charge in [0.2, 0.25) is 0 Å². The molecule has 13 heavy (non-hydrogen) atoms. The predicted molar refractivity (Wildman–Crippen MR) is 51.4 cm³/mol. The van der Waals surface area contributed by atoms with Gasteiger partial charge in [-0.3, -0.25) is 4.79 Å². The molecular weight excluding hydrogens is 190 g/mol. The number of carbonyl (C=O) groups excluding carboxylic acids is 1. The highest BCUT2D eigenvalue weighted by Crippen LogP contribution is 1.74. The molecule has 0 aromatic heterocycles. The zero-order valence-electron chi connectivity index (χ0n) is 7.66. The molecule has 0 bridgehead atoms. The van der Waals surface area contributed by atoms with Crippen LogP contribution in [0.3, 0.4) is 0 Å². The van der Waals surface area contributed by atoms with Gasteiger partial charge in [0.1, 0.15) is 6.54 Å². The molecule has 0 saturated carbocycles. The van der Waals surface area contributed by atoms with E-state index in [0.29, 0.717) is 0 Å². The molecule has 0 aliphatic carbocycles. The first-order chi connectivity index (χ1) is 6.08. The Balaban J connectivity index is 0. The van der Waals surface area contributed by atoms with Crippen LogP contribution in [-0.2, 0) is 9.53 Å². The van der Waals surface area contributed by atoms with Crippen LogP contribution >= 0.6 is 0 Å². The summed E-state index contributed by atoms with van der Waals surface area (Å²) in [5, 5.41) is 10.1. The van der Waals surface area contributed by atoms with E-state index in [1.165, 1.54) is 0 Å². The van der Waals surface area contributed by atoms with Gasteiger partial charge >= 0.3 is 12.1 Å². The van der Waals surface area contributed by atoms with Crippen molar-refractivity contribution in [1.29, 1.82) is 0 Å². The summed E-state index contributed by atoms with van der Waals surface area (Å²) in [6.07, 6.45) is 3.96. The minimum atomic E-state index is -1.09. The van der Waals surface area contributed by atoms with Crippen molar-refractivity contribution in [3.63, 3.8) is 0 Å². The van der Waals surface area contributed by atoms with Gasteiger partial charge in [-0.1, -0.05) is 0 Å². The summed E-state index contributed by atoms with van der Waals surface area (Å²) in [5.74, 6) is -1.09. The monoisotopic (exact) mass is 203 g/mol. The fourth-order valence-corrected chi connectivity index (χ4v) is 0.330. The molecule has 0 rings (SSSR count). The number of rotatable bonds is 3. The maximum absolute atomic E-state index is 10.4. The van der Waals surface area contributed by atoms with Crippen molar-refractivity contribution >= 4 is 22.3 Å². The van der Waals surface area contributed by atoms with Crippen molar-refractivity contribution in [2.45, 2.75) is 6.92 Å². The van der Waals surface area contributed by atoms with Gasteiger partial charge in [0.05, 0.1) is 16.8 Å². The van der Waals surface area contributed by atoms with Crippen LogP contribution in [0.1, 0.15) is 6.92 Å². The maximum Gasteiger partial charge on any atom is 0.407 e. The van der Waals surface area contributed by atoms with Gasteiger partial charge in [0, 0.05) is 0 Å². The Morgan fingerprint density at radius 3 is 2.46 bits per heavy atom. The van der Waals surface area contributed by atoms with Crippen LogP contribution in [0, 0.1) is 12.0 Å². The zero-order chi connectivity index (χ0) is 10.7. The molecule has 0 radical (unpaired) electrons. The Morgan fingerprint density at radius 1 is 1.69 bits per heavy atom. The van der Waals surface area contributed by atoms with Gasteiger partial charge in [-0.05, 0) is 6.92 Å². The van der Waals surface area contributed by atoms with Crippen molar-refractivity contribution in [1.82, 2.24) is 5.32 Å². The number of nitrogens with one attached hydrogen (secondary N) is 1. The number of aliphatic carboxylic acids is 1. The van der Waals surface area contributed by atoms with Crippen molar-refractivity contribution in [3.05, 3.63) is 0 Å². The molecule has 5 nitrogen and oxygen atoms in total. The first-order valence-corrected chi connectivity index (χ1v) is 4.58. The molecule has 0 atom stereocenters. The average molecular weight is 203 g/mol. The van der Waals surface area contributed by atoms with Crippen LogP contribution in [0.15, 0.2) is 0 Å². The second-order valence-corrected chi connectivity index (χ2v) is 2.33. The van der Waals surface area contributed by atoms with Crippen molar-refractivity contribution in [2.24, 2.45) is 0 Å². The van der Waals surface area contributed by atoms with Crippen LogP contribution in [-0.4, -0.2) is 40.6 Å². The summed E-state index contributed by atoms with van der Waals surface area (Å²) in [6.45, 7) is 1.48. The van der Waals surface area contributed by atoms with E-state index in [-0.39, 0.29) is 6.61 Å². The van der Waals surface area contributed by atoms with Crippen LogP contribution in [0.25, 0.3) is 0 Å². The average Bonchev–Trinajstić information content (AvgIpc) is 2.03. The number of terminal acetylenes is 1. The van der Waals surface area contributed by atoms with Crippen LogP contribution in [0.2, 0.25) is 0 Å². The smallest absolute Gasteiger partial charge is 0.407 e. The summed E-state index contributed by atoms with van der Waals surface area (Å²) >= 11 is 0. The third kappa shape index (κ3) is 18.0. The van der Waals surface area contributed by atoms with Crippen LogP contribution in [0.4, 0.5) is 4.79 Å². The number of carboxylic acids is 1. The predicted octanol–water partition coefficient (Wildman–Crippen LogP) is -1.24. The summed E-state index contributed by atoms with van der Waals surface area (Å²) in [7, 11) is 0.897. The number of hydrogen-bond acceptors (Lipinski definition) is 3. The number of amides is 1. The van der Waals surface area contributed by atoms with Gasteiger partial charge < -0.3 is 15.2 Å². The fourth-order valence-electron chi connectivity index (χ4n) is 0.330. The minimum absolute atomic E-state index is 0.242. The molecule has 1 amide bonds. The third-order valence-electron chi connectivity index (χ3n) is 0.659. The first-order valence-electron chi connectivity index (χ1n) is 3.58. The molecule has 2 N–H and O–H groups in total. The van der Waals surface area contributed by atoms with Gasteiger partial charge in [-0.25, -0.2) is 4.79 Å². The quantitative estimate of drug-likeness (QED) is 0.444. The molecule has 0 heterocycles. The topological polar surface area (TPSA) is 75.6 Å². The van der Waals surface area contributed by atoms with E-state index >= 15 is 0 Å². The number of carboxylic acid groups (broad SMARTS) is 1. The highest BCUT2D eigenvalue weighted by Gasteiger charge is 2.01. The van der Waals surface area contributed by atoms with Gasteiger partial charge in [-0.15, -0.1) is 12.0 Å². The van der Waals surface area contributed by atoms with Gasteiger partial charge in [0.15, 0.2) is 0 Å². The van der Waals surface area contributed by atoms with Crippen molar-refractivity contribution in [2.75, 3.05) is 13.2 Å². The lowest BCUT2D eigenvalue weighted by Gasteiger charge is -2.00. The normalized spacial score (nSPS) is 7.38. The Bertz CT molecular complexity index is 199. The Labute approximate surface area is 79.9 Å².